The summed E-state index contributed by atoms with van der Waals surface area (Å²) in [6.45, 7) is 10.9. The third-order valence-corrected chi connectivity index (χ3v) is 3.17. The molecule has 0 saturated carbocycles. The molecule has 1 atom stereocenters. The molecule has 16 heavy (non-hydrogen) atoms. The van der Waals surface area contributed by atoms with E-state index in [1.54, 1.807) is 0 Å². The van der Waals surface area contributed by atoms with Crippen molar-refractivity contribution >= 4 is 0 Å². The number of aryl methyl sites for hydroxylation is 3. The van der Waals surface area contributed by atoms with E-state index < -0.39 is 0 Å². The molecular weight excluding hydrogens is 196 g/mol. The van der Waals surface area contributed by atoms with E-state index in [0.717, 1.165) is 6.42 Å². The molecule has 90 valence electrons. The van der Waals surface area contributed by atoms with Crippen LogP contribution in [0.5, 0.6) is 0 Å². The molecule has 1 rings (SSSR count). The van der Waals surface area contributed by atoms with Crippen molar-refractivity contribution in [1.29, 1.82) is 0 Å². The zero-order chi connectivity index (χ0) is 12.3. The SMILES string of the molecule is Cc1cc(C)c(C(CC(C)C)NN)cc1C. The lowest BCUT2D eigenvalue weighted by Crippen LogP contribution is -2.29. The van der Waals surface area contributed by atoms with Gasteiger partial charge in [-0.05, 0) is 55.4 Å². The Labute approximate surface area is 99.2 Å². The maximum atomic E-state index is 5.66. The van der Waals surface area contributed by atoms with E-state index in [9.17, 15) is 0 Å². The lowest BCUT2D eigenvalue weighted by molar-refractivity contribution is 0.436. The summed E-state index contributed by atoms with van der Waals surface area (Å²) in [6, 6.07) is 4.77. The first-order valence-corrected chi connectivity index (χ1v) is 5.99. The van der Waals surface area contributed by atoms with Crippen LogP contribution in [-0.2, 0) is 0 Å². The van der Waals surface area contributed by atoms with Crippen molar-refractivity contribution < 1.29 is 0 Å². The maximum Gasteiger partial charge on any atom is 0.0465 e. The molecule has 1 unspecified atom stereocenters. The number of hydrazine groups is 1. The third-order valence-electron chi connectivity index (χ3n) is 3.17. The molecule has 1 aromatic carbocycles. The summed E-state index contributed by atoms with van der Waals surface area (Å²) < 4.78 is 0. The molecule has 3 N–H and O–H groups in total. The first kappa shape index (κ1) is 13.2. The number of hydrogen-bond acceptors (Lipinski definition) is 2. The van der Waals surface area contributed by atoms with E-state index in [0.29, 0.717) is 5.92 Å². The van der Waals surface area contributed by atoms with Crippen LogP contribution in [-0.4, -0.2) is 0 Å². The highest BCUT2D eigenvalue weighted by molar-refractivity contribution is 5.38. The molecule has 0 bridgehead atoms. The minimum Gasteiger partial charge on any atom is -0.271 e. The van der Waals surface area contributed by atoms with Crippen molar-refractivity contribution in [2.75, 3.05) is 0 Å². The summed E-state index contributed by atoms with van der Waals surface area (Å²) in [5.74, 6) is 6.30. The highest BCUT2D eigenvalue weighted by atomic mass is 15.2. The van der Waals surface area contributed by atoms with E-state index in [-0.39, 0.29) is 6.04 Å². The Balaban J connectivity index is 3.05. The fraction of sp³-hybridized carbons (Fsp3) is 0.571. The van der Waals surface area contributed by atoms with Crippen LogP contribution >= 0.6 is 0 Å². The van der Waals surface area contributed by atoms with E-state index in [1.165, 1.54) is 22.3 Å². The molecule has 0 radical (unpaired) electrons. The predicted octanol–water partition coefficient (Wildman–Crippen LogP) is 3.16. The van der Waals surface area contributed by atoms with Crippen molar-refractivity contribution in [3.05, 3.63) is 34.4 Å². The Bertz CT molecular complexity index is 356. The van der Waals surface area contributed by atoms with Crippen molar-refractivity contribution in [3.8, 4) is 0 Å². The highest BCUT2D eigenvalue weighted by Gasteiger charge is 2.14. The van der Waals surface area contributed by atoms with Gasteiger partial charge in [-0.1, -0.05) is 26.0 Å². The second kappa shape index (κ2) is 5.46. The van der Waals surface area contributed by atoms with Crippen LogP contribution in [0.1, 0.15) is 48.6 Å². The average molecular weight is 220 g/mol. The predicted molar refractivity (Wildman–Crippen MR) is 70.2 cm³/mol. The monoisotopic (exact) mass is 220 g/mol. The zero-order valence-corrected chi connectivity index (χ0v) is 11.1. The van der Waals surface area contributed by atoms with Crippen LogP contribution in [0.4, 0.5) is 0 Å². The van der Waals surface area contributed by atoms with Crippen molar-refractivity contribution in [1.82, 2.24) is 5.43 Å². The van der Waals surface area contributed by atoms with Crippen LogP contribution in [0.2, 0.25) is 0 Å². The first-order valence-electron chi connectivity index (χ1n) is 5.99. The number of hydrogen-bond donors (Lipinski definition) is 2. The molecule has 0 spiro atoms. The molecule has 0 saturated heterocycles. The minimum absolute atomic E-state index is 0.263. The third kappa shape index (κ3) is 3.06. The normalized spacial score (nSPS) is 13.2. The van der Waals surface area contributed by atoms with E-state index in [4.69, 9.17) is 5.84 Å². The molecule has 0 heterocycles. The Morgan fingerprint density at radius 3 is 2.12 bits per heavy atom. The summed E-state index contributed by atoms with van der Waals surface area (Å²) in [6.07, 6.45) is 1.07. The van der Waals surface area contributed by atoms with Gasteiger partial charge in [0.25, 0.3) is 0 Å². The number of benzene rings is 1. The standard InChI is InChI=1S/C14H24N2/c1-9(2)6-14(16-15)13-8-11(4)10(3)7-12(13)5/h7-9,14,16H,6,15H2,1-5H3. The maximum absolute atomic E-state index is 5.66. The molecule has 2 nitrogen and oxygen atoms in total. The quantitative estimate of drug-likeness (QED) is 0.604. The van der Waals surface area contributed by atoms with Crippen molar-refractivity contribution in [2.24, 2.45) is 11.8 Å². The average Bonchev–Trinajstić information content (AvgIpc) is 2.20. The Morgan fingerprint density at radius 2 is 1.62 bits per heavy atom. The Hall–Kier alpha value is -0.860. The van der Waals surface area contributed by atoms with E-state index in [2.05, 4.69) is 52.2 Å². The second-order valence-corrected chi connectivity index (χ2v) is 5.14. The van der Waals surface area contributed by atoms with Crippen molar-refractivity contribution in [3.63, 3.8) is 0 Å². The van der Waals surface area contributed by atoms with Crippen LogP contribution in [0.3, 0.4) is 0 Å². The highest BCUT2D eigenvalue weighted by Crippen LogP contribution is 2.25. The topological polar surface area (TPSA) is 38.0 Å². The summed E-state index contributed by atoms with van der Waals surface area (Å²) in [5, 5.41) is 0. The van der Waals surface area contributed by atoms with Gasteiger partial charge in [-0.15, -0.1) is 0 Å². The Morgan fingerprint density at radius 1 is 1.06 bits per heavy atom. The fourth-order valence-corrected chi connectivity index (χ4v) is 2.11. The molecule has 0 aliphatic heterocycles. The molecule has 0 amide bonds. The number of nitrogens with one attached hydrogen (secondary N) is 1. The lowest BCUT2D eigenvalue weighted by atomic mass is 9.91. The zero-order valence-electron chi connectivity index (χ0n) is 11.1. The fourth-order valence-electron chi connectivity index (χ4n) is 2.11. The van der Waals surface area contributed by atoms with Crippen LogP contribution in [0.15, 0.2) is 12.1 Å². The molecule has 0 fully saturated rings. The van der Waals surface area contributed by atoms with Gasteiger partial charge in [-0.3, -0.25) is 11.3 Å². The molecule has 1 aromatic rings. The molecule has 0 aliphatic carbocycles. The molecule has 0 aliphatic rings. The van der Waals surface area contributed by atoms with Gasteiger partial charge in [0.05, 0.1) is 0 Å². The van der Waals surface area contributed by atoms with Gasteiger partial charge in [-0.2, -0.15) is 0 Å². The van der Waals surface area contributed by atoms with Gasteiger partial charge in [0.2, 0.25) is 0 Å². The van der Waals surface area contributed by atoms with E-state index in [1.807, 2.05) is 0 Å². The van der Waals surface area contributed by atoms with Gasteiger partial charge in [-0.25, -0.2) is 0 Å². The molecule has 2 heteroatoms. The summed E-state index contributed by atoms with van der Waals surface area (Å²) in [7, 11) is 0. The lowest BCUT2D eigenvalue weighted by Gasteiger charge is -2.21. The van der Waals surface area contributed by atoms with Gasteiger partial charge >= 0.3 is 0 Å². The second-order valence-electron chi connectivity index (χ2n) is 5.14. The molecular formula is C14H24N2. The van der Waals surface area contributed by atoms with Crippen LogP contribution < -0.4 is 11.3 Å². The van der Waals surface area contributed by atoms with Gasteiger partial charge < -0.3 is 0 Å². The Kier molecular flexibility index (Phi) is 4.51. The van der Waals surface area contributed by atoms with Crippen LogP contribution in [0.25, 0.3) is 0 Å². The summed E-state index contributed by atoms with van der Waals surface area (Å²) >= 11 is 0. The molecule has 0 aromatic heterocycles. The largest absolute Gasteiger partial charge is 0.271 e. The van der Waals surface area contributed by atoms with E-state index >= 15 is 0 Å². The van der Waals surface area contributed by atoms with Crippen molar-refractivity contribution in [2.45, 2.75) is 47.1 Å². The van der Waals surface area contributed by atoms with Gasteiger partial charge in [0.1, 0.15) is 0 Å². The van der Waals surface area contributed by atoms with Gasteiger partial charge in [0.15, 0.2) is 0 Å². The minimum atomic E-state index is 0.263. The number of nitrogens with two attached hydrogens (primary N) is 1. The number of rotatable bonds is 4. The first-order chi connectivity index (χ1) is 7.45. The van der Waals surface area contributed by atoms with Gasteiger partial charge in [0, 0.05) is 6.04 Å². The summed E-state index contributed by atoms with van der Waals surface area (Å²) in [4.78, 5) is 0. The smallest absolute Gasteiger partial charge is 0.0465 e. The van der Waals surface area contributed by atoms with Crippen LogP contribution in [0, 0.1) is 26.7 Å². The summed E-state index contributed by atoms with van der Waals surface area (Å²) in [5.41, 5.74) is 8.28.